The fourth-order valence-corrected chi connectivity index (χ4v) is 2.45. The third-order valence-electron chi connectivity index (χ3n) is 3.50. The number of nitrogens with zero attached hydrogens (tertiary/aromatic N) is 2. The van der Waals surface area contributed by atoms with Crippen molar-refractivity contribution in [2.45, 2.75) is 38.1 Å². The molecule has 1 heterocycles. The average Bonchev–Trinajstić information content (AvgIpc) is 2.65. The molecule has 1 aromatic rings. The van der Waals surface area contributed by atoms with Gasteiger partial charge in [-0.3, -0.25) is 9.59 Å². The number of carboxylic acid groups (broad SMARTS) is 1. The zero-order valence-electron chi connectivity index (χ0n) is 10.6. The molecular weight excluding hydrogens is 246 g/mol. The summed E-state index contributed by atoms with van der Waals surface area (Å²) in [4.78, 5) is 23.3. The fourth-order valence-electron chi connectivity index (χ4n) is 2.45. The van der Waals surface area contributed by atoms with Crippen molar-refractivity contribution in [3.05, 3.63) is 24.0 Å². The summed E-state index contributed by atoms with van der Waals surface area (Å²) in [6, 6.07) is 1.26. The van der Waals surface area contributed by atoms with Crippen LogP contribution in [0.1, 0.15) is 42.5 Å². The minimum atomic E-state index is -0.833. The Hall–Kier alpha value is -1.98. The molecule has 2 atom stereocenters. The molecule has 1 aliphatic rings. The molecule has 1 aromatic heterocycles. The molecule has 0 saturated heterocycles. The van der Waals surface area contributed by atoms with E-state index in [1.54, 1.807) is 6.07 Å². The quantitative estimate of drug-likeness (QED) is 0.800. The van der Waals surface area contributed by atoms with Crippen LogP contribution >= 0.6 is 0 Å². The molecule has 6 nitrogen and oxygen atoms in total. The first-order valence-corrected chi connectivity index (χ1v) is 6.49. The number of hydrogen-bond donors (Lipinski definition) is 2. The first-order valence-electron chi connectivity index (χ1n) is 6.49. The van der Waals surface area contributed by atoms with E-state index in [-0.39, 0.29) is 11.9 Å². The van der Waals surface area contributed by atoms with Gasteiger partial charge in [0.15, 0.2) is 0 Å². The smallest absolute Gasteiger partial charge is 0.308 e. The Labute approximate surface area is 111 Å². The minimum Gasteiger partial charge on any atom is -0.481 e. The molecule has 1 amide bonds. The summed E-state index contributed by atoms with van der Waals surface area (Å²) in [7, 11) is 0. The van der Waals surface area contributed by atoms with Gasteiger partial charge in [-0.25, -0.2) is 0 Å². The molecule has 0 radical (unpaired) electrons. The number of carbonyl (C=O) groups excluding carboxylic acids is 1. The van der Waals surface area contributed by atoms with E-state index in [0.29, 0.717) is 18.4 Å². The molecule has 102 valence electrons. The highest BCUT2D eigenvalue weighted by Gasteiger charge is 2.30. The van der Waals surface area contributed by atoms with Gasteiger partial charge < -0.3 is 10.4 Å². The Kier molecular flexibility index (Phi) is 4.43. The first kappa shape index (κ1) is 13.5. The lowest BCUT2D eigenvalue weighted by molar-refractivity contribution is -0.142. The molecule has 2 unspecified atom stereocenters. The van der Waals surface area contributed by atoms with Gasteiger partial charge in [0.25, 0.3) is 5.91 Å². The molecule has 1 saturated carbocycles. The highest BCUT2D eigenvalue weighted by Crippen LogP contribution is 2.24. The van der Waals surface area contributed by atoms with Crippen molar-refractivity contribution in [1.82, 2.24) is 15.5 Å². The molecule has 19 heavy (non-hydrogen) atoms. The SMILES string of the molecule is O=C(NC1CCCCCC1C(=O)O)c1ccnnc1. The van der Waals surface area contributed by atoms with Gasteiger partial charge in [0.2, 0.25) is 0 Å². The molecule has 1 aliphatic carbocycles. The van der Waals surface area contributed by atoms with Crippen LogP contribution in [0.15, 0.2) is 18.5 Å². The number of amides is 1. The monoisotopic (exact) mass is 263 g/mol. The topological polar surface area (TPSA) is 92.2 Å². The van der Waals surface area contributed by atoms with Crippen LogP contribution in [0.25, 0.3) is 0 Å². The Bertz CT molecular complexity index is 450. The first-order chi connectivity index (χ1) is 9.18. The maximum absolute atomic E-state index is 12.0. The average molecular weight is 263 g/mol. The highest BCUT2D eigenvalue weighted by molar-refractivity contribution is 5.94. The number of nitrogens with one attached hydrogen (secondary N) is 1. The van der Waals surface area contributed by atoms with Gasteiger partial charge in [0.05, 0.1) is 23.9 Å². The van der Waals surface area contributed by atoms with Crippen LogP contribution in [0.3, 0.4) is 0 Å². The van der Waals surface area contributed by atoms with E-state index in [1.165, 1.54) is 12.4 Å². The number of aromatic nitrogens is 2. The van der Waals surface area contributed by atoms with E-state index >= 15 is 0 Å². The Morgan fingerprint density at radius 2 is 2.00 bits per heavy atom. The van der Waals surface area contributed by atoms with Gasteiger partial charge in [-0.2, -0.15) is 10.2 Å². The Balaban J connectivity index is 2.06. The predicted octanol–water partition coefficient (Wildman–Crippen LogP) is 1.24. The summed E-state index contributed by atoms with van der Waals surface area (Å²) >= 11 is 0. The number of hydrogen-bond acceptors (Lipinski definition) is 4. The lowest BCUT2D eigenvalue weighted by Crippen LogP contribution is -2.42. The highest BCUT2D eigenvalue weighted by atomic mass is 16.4. The summed E-state index contributed by atoms with van der Waals surface area (Å²) in [6.45, 7) is 0. The second-order valence-corrected chi connectivity index (χ2v) is 4.79. The molecule has 2 N–H and O–H groups in total. The van der Waals surface area contributed by atoms with Crippen molar-refractivity contribution in [2.24, 2.45) is 5.92 Å². The number of carbonyl (C=O) groups is 2. The lowest BCUT2D eigenvalue weighted by Gasteiger charge is -2.22. The van der Waals surface area contributed by atoms with Crippen molar-refractivity contribution in [1.29, 1.82) is 0 Å². The van der Waals surface area contributed by atoms with Crippen molar-refractivity contribution >= 4 is 11.9 Å². The predicted molar refractivity (Wildman–Crippen MR) is 67.5 cm³/mol. The van der Waals surface area contributed by atoms with Crippen LogP contribution in [-0.4, -0.2) is 33.2 Å². The molecular formula is C13H17N3O3. The normalized spacial score (nSPS) is 23.4. The van der Waals surface area contributed by atoms with Crippen molar-refractivity contribution in [3.8, 4) is 0 Å². The standard InChI is InChI=1S/C13H17N3O3/c17-12(9-6-7-14-15-8-9)16-11-5-3-1-2-4-10(11)13(18)19/h6-8,10-11H,1-5H2,(H,16,17)(H,18,19). The van der Waals surface area contributed by atoms with Crippen LogP contribution in [0.5, 0.6) is 0 Å². The molecule has 0 aromatic carbocycles. The van der Waals surface area contributed by atoms with E-state index in [1.807, 2.05) is 0 Å². The second-order valence-electron chi connectivity index (χ2n) is 4.79. The maximum Gasteiger partial charge on any atom is 0.308 e. The molecule has 0 bridgehead atoms. The second kappa shape index (κ2) is 6.26. The van der Waals surface area contributed by atoms with E-state index in [4.69, 9.17) is 0 Å². The van der Waals surface area contributed by atoms with E-state index in [9.17, 15) is 14.7 Å². The van der Waals surface area contributed by atoms with E-state index < -0.39 is 11.9 Å². The number of carboxylic acids is 1. The van der Waals surface area contributed by atoms with E-state index in [0.717, 1.165) is 19.3 Å². The summed E-state index contributed by atoms with van der Waals surface area (Å²) < 4.78 is 0. The van der Waals surface area contributed by atoms with Crippen LogP contribution in [0.2, 0.25) is 0 Å². The van der Waals surface area contributed by atoms with Crippen molar-refractivity contribution in [2.75, 3.05) is 0 Å². The zero-order valence-corrected chi connectivity index (χ0v) is 10.6. The number of aliphatic carboxylic acids is 1. The van der Waals surface area contributed by atoms with Crippen molar-refractivity contribution in [3.63, 3.8) is 0 Å². The lowest BCUT2D eigenvalue weighted by atomic mass is 9.94. The molecule has 0 spiro atoms. The molecule has 2 rings (SSSR count). The van der Waals surface area contributed by atoms with Gasteiger partial charge in [0, 0.05) is 6.04 Å². The molecule has 6 heteroatoms. The Morgan fingerprint density at radius 3 is 2.68 bits per heavy atom. The van der Waals surface area contributed by atoms with Gasteiger partial charge >= 0.3 is 5.97 Å². The summed E-state index contributed by atoms with van der Waals surface area (Å²) in [5.74, 6) is -1.62. The van der Waals surface area contributed by atoms with Crippen LogP contribution in [0, 0.1) is 5.92 Å². The largest absolute Gasteiger partial charge is 0.481 e. The molecule has 0 aliphatic heterocycles. The maximum atomic E-state index is 12.0. The molecule has 1 fully saturated rings. The Morgan fingerprint density at radius 1 is 1.21 bits per heavy atom. The summed E-state index contributed by atoms with van der Waals surface area (Å²) in [5, 5.41) is 19.3. The third-order valence-corrected chi connectivity index (χ3v) is 3.50. The van der Waals surface area contributed by atoms with Crippen LogP contribution < -0.4 is 5.32 Å². The number of rotatable bonds is 3. The summed E-state index contributed by atoms with van der Waals surface area (Å²) in [6.07, 6.45) is 7.02. The zero-order chi connectivity index (χ0) is 13.7. The van der Waals surface area contributed by atoms with Crippen molar-refractivity contribution < 1.29 is 14.7 Å². The van der Waals surface area contributed by atoms with Gasteiger partial charge in [-0.15, -0.1) is 0 Å². The van der Waals surface area contributed by atoms with Gasteiger partial charge in [-0.1, -0.05) is 19.3 Å². The fraction of sp³-hybridized carbons (Fsp3) is 0.538. The van der Waals surface area contributed by atoms with Crippen LogP contribution in [-0.2, 0) is 4.79 Å². The van der Waals surface area contributed by atoms with Crippen LogP contribution in [0.4, 0.5) is 0 Å². The minimum absolute atomic E-state index is 0.284. The third kappa shape index (κ3) is 3.49. The summed E-state index contributed by atoms with van der Waals surface area (Å²) in [5.41, 5.74) is 0.406. The van der Waals surface area contributed by atoms with Gasteiger partial charge in [-0.05, 0) is 18.9 Å². The van der Waals surface area contributed by atoms with Gasteiger partial charge in [0.1, 0.15) is 0 Å². The van der Waals surface area contributed by atoms with E-state index in [2.05, 4.69) is 15.5 Å².